The highest BCUT2D eigenvalue weighted by Crippen LogP contribution is 2.20. The number of aliphatic hydroxyl groups is 1. The maximum absolute atomic E-state index is 14.3. The van der Waals surface area contributed by atoms with Crippen LogP contribution in [0, 0.1) is 23.7 Å². The maximum atomic E-state index is 14.3. The van der Waals surface area contributed by atoms with Gasteiger partial charge in [0.2, 0.25) is 82.7 Å². The molecule has 21 N–H and O–H groups in total. The Morgan fingerprint density at radius 1 is 0.437 bits per heavy atom. The number of nitrogens with two attached hydrogens (primary N) is 3. The lowest BCUT2D eigenvalue weighted by atomic mass is 9.96. The van der Waals surface area contributed by atoms with Crippen LogP contribution < -0.4 is 86.3 Å². The number of hydrogen-bond acceptors (Lipinski definition) is 17. The van der Waals surface area contributed by atoms with E-state index in [0.717, 1.165) is 10.9 Å². The van der Waals surface area contributed by atoms with E-state index in [1.54, 1.807) is 76.4 Å². The molecule has 572 valence electrons. The van der Waals surface area contributed by atoms with Gasteiger partial charge in [0, 0.05) is 29.9 Å². The molecule has 0 spiro atoms. The molecule has 0 unspecified atom stereocenters. The summed E-state index contributed by atoms with van der Waals surface area (Å²) in [5.74, 6) is -12.0. The van der Waals surface area contributed by atoms with Gasteiger partial charge >= 0.3 is 0 Å². The summed E-state index contributed by atoms with van der Waals surface area (Å²) in [6.45, 7) is 22.1. The topological polar surface area (TPSA) is 509 Å². The van der Waals surface area contributed by atoms with E-state index in [1.165, 1.54) is 41.5 Å². The van der Waals surface area contributed by atoms with E-state index in [9.17, 15) is 72.2 Å². The van der Waals surface area contributed by atoms with Crippen molar-refractivity contribution in [3.8, 4) is 0 Å². The largest absolute Gasteiger partial charge is 0.391 e. The molecule has 0 saturated carbocycles. The molecule has 1 aromatic heterocycles. The Kier molecular flexibility index (Phi) is 36.9. The van der Waals surface area contributed by atoms with Crippen LogP contribution in [0.4, 0.5) is 0 Å². The molecule has 0 aliphatic carbocycles. The number of carbonyl (C=O) groups is 14. The van der Waals surface area contributed by atoms with Crippen LogP contribution in [0.2, 0.25) is 0 Å². The third kappa shape index (κ3) is 30.1. The zero-order valence-corrected chi connectivity index (χ0v) is 61.8. The summed E-state index contributed by atoms with van der Waals surface area (Å²) in [5.41, 5.74) is 18.8. The van der Waals surface area contributed by atoms with Gasteiger partial charge in [-0.2, -0.15) is 0 Å². The fourth-order valence-electron chi connectivity index (χ4n) is 10.8. The van der Waals surface area contributed by atoms with Crippen molar-refractivity contribution >= 4 is 93.6 Å². The van der Waals surface area contributed by atoms with E-state index < -0.39 is 180 Å². The monoisotopic (exact) mass is 1440 g/mol. The number of primary amides is 1. The van der Waals surface area contributed by atoms with Gasteiger partial charge in [-0.15, -0.1) is 0 Å². The van der Waals surface area contributed by atoms with Crippen molar-refractivity contribution in [2.45, 2.75) is 239 Å². The summed E-state index contributed by atoms with van der Waals surface area (Å²) in [5, 5.41) is 45.1. The molecular formula is C71H113N17O15. The van der Waals surface area contributed by atoms with E-state index in [1.807, 2.05) is 39.8 Å². The summed E-state index contributed by atoms with van der Waals surface area (Å²) in [7, 11) is 0. The minimum atomic E-state index is -1.61. The number of benzene rings is 2. The maximum Gasteiger partial charge on any atom is 0.245 e. The molecule has 3 rings (SSSR count). The van der Waals surface area contributed by atoms with Gasteiger partial charge in [0.25, 0.3) is 0 Å². The minimum absolute atomic E-state index is 0.0567. The Labute approximate surface area is 602 Å². The van der Waals surface area contributed by atoms with Gasteiger partial charge in [-0.3, -0.25) is 67.1 Å². The molecule has 0 radical (unpaired) electrons. The summed E-state index contributed by atoms with van der Waals surface area (Å²) < 4.78 is 0. The standard InChI is InChI=1S/C71H113N17O15/c1-15-39(8)57(87-71(103)58(45(14)89)88-63(95)44(13)79-64(96)49(73)26-21-22-28-72)70(102)86-54(32-46-23-17-16-18-24-46)65(97)76-35-56(90)82-51(29-36(2)3)66(98)80-41(10)60(92)78-42(11)61(93)84-55(33-47-34-75-50-27-20-19-25-48(47)50)68(100)81-43(12)62(94)83-53(31-38(6)7)69(101)85-52(30-37(4)5)67(99)77-40(9)59(74)91/h16-20,23-25,27,34,36-45,49,51-55,57-58,75,89H,15,21-22,26,28-33,35,72-73H2,1-14H3,(H2,74,91)(H,76,97)(H,77,99)(H,78,92)(H,79,96)(H,80,98)(H,81,100)(H,82,90)(H,83,94)(H,84,93)(H,85,101)(H,86,102)(H,87,103)(H,88,95)/t39-,40-,41-,42-,43-,44-,45+,49-,51-,52-,53-,54-,55-,57-,58-/m0/s1. The summed E-state index contributed by atoms with van der Waals surface area (Å²) in [4.78, 5) is 194. The lowest BCUT2D eigenvalue weighted by Gasteiger charge is -2.29. The molecule has 0 aliphatic rings. The number of aromatic nitrogens is 1. The number of hydrogen-bond donors (Lipinski definition) is 18. The van der Waals surface area contributed by atoms with Crippen LogP contribution in [-0.2, 0) is 80.0 Å². The highest BCUT2D eigenvalue weighted by atomic mass is 16.3. The Morgan fingerprint density at radius 2 is 0.845 bits per heavy atom. The summed E-state index contributed by atoms with van der Waals surface area (Å²) >= 11 is 0. The Bertz CT molecular complexity index is 3360. The van der Waals surface area contributed by atoms with E-state index in [0.29, 0.717) is 43.4 Å². The highest BCUT2D eigenvalue weighted by Gasteiger charge is 2.37. The number of fused-ring (bicyclic) bond motifs is 1. The normalized spacial score (nSPS) is 15.7. The number of rotatable bonds is 44. The first-order chi connectivity index (χ1) is 48.4. The van der Waals surface area contributed by atoms with Crippen molar-refractivity contribution in [3.05, 3.63) is 71.9 Å². The van der Waals surface area contributed by atoms with Crippen LogP contribution in [0.25, 0.3) is 10.9 Å². The molecule has 14 amide bonds. The van der Waals surface area contributed by atoms with Crippen LogP contribution in [0.1, 0.15) is 153 Å². The van der Waals surface area contributed by atoms with Crippen LogP contribution in [-0.4, -0.2) is 191 Å². The van der Waals surface area contributed by atoms with E-state index in [4.69, 9.17) is 17.2 Å². The second-order valence-electron chi connectivity index (χ2n) is 27.8. The van der Waals surface area contributed by atoms with E-state index in [-0.39, 0.29) is 49.9 Å². The van der Waals surface area contributed by atoms with Crippen LogP contribution in [0.3, 0.4) is 0 Å². The smallest absolute Gasteiger partial charge is 0.245 e. The zero-order valence-electron chi connectivity index (χ0n) is 61.8. The lowest BCUT2D eigenvalue weighted by Crippen LogP contribution is -2.62. The molecule has 0 bridgehead atoms. The van der Waals surface area contributed by atoms with Gasteiger partial charge in [0.15, 0.2) is 0 Å². The summed E-state index contributed by atoms with van der Waals surface area (Å²) in [6.07, 6.45) is 2.24. The quantitative estimate of drug-likeness (QED) is 0.0286. The van der Waals surface area contributed by atoms with Crippen molar-refractivity contribution in [1.82, 2.24) is 74.1 Å². The average Bonchev–Trinajstić information content (AvgIpc) is 1.75. The number of para-hydroxylation sites is 1. The van der Waals surface area contributed by atoms with Crippen molar-refractivity contribution in [3.63, 3.8) is 0 Å². The molecule has 2 aromatic carbocycles. The fraction of sp³-hybridized carbons (Fsp3) is 0.606. The predicted molar refractivity (Wildman–Crippen MR) is 386 cm³/mol. The molecule has 32 nitrogen and oxygen atoms in total. The fourth-order valence-corrected chi connectivity index (χ4v) is 10.8. The Balaban J connectivity index is 1.75. The third-order valence-corrected chi connectivity index (χ3v) is 17.1. The summed E-state index contributed by atoms with van der Waals surface area (Å²) in [6, 6.07) is -0.493. The van der Waals surface area contributed by atoms with Crippen LogP contribution in [0.15, 0.2) is 60.8 Å². The highest BCUT2D eigenvalue weighted by molar-refractivity contribution is 6.00. The lowest BCUT2D eigenvalue weighted by molar-refractivity contribution is -0.137. The Morgan fingerprint density at radius 3 is 1.36 bits per heavy atom. The average molecular weight is 1440 g/mol. The molecule has 0 aliphatic heterocycles. The molecule has 0 saturated heterocycles. The molecule has 0 fully saturated rings. The first-order valence-corrected chi connectivity index (χ1v) is 35.3. The van der Waals surface area contributed by atoms with E-state index >= 15 is 0 Å². The van der Waals surface area contributed by atoms with Gasteiger partial charge in [-0.25, -0.2) is 0 Å². The van der Waals surface area contributed by atoms with Gasteiger partial charge in [-0.1, -0.05) is 117 Å². The SMILES string of the molecule is CC[C@H](C)[C@H](NC(=O)[C@@H](NC(=O)[C@H](C)NC(=O)[C@@H](N)CCCCN)[C@@H](C)O)C(=O)N[C@@H](Cc1ccccc1)C(=O)NCC(=O)N[C@@H](CC(C)C)C(=O)N[C@@H](C)C(=O)N[C@@H](C)C(=O)N[C@@H](Cc1c[nH]c2ccccc12)C(=O)N[C@@H](C)C(=O)N[C@@H](CC(C)C)C(=O)N[C@@H](CC(C)C)C(=O)N[C@@H](C)C(N)=O. The Hall–Kier alpha value is -9.56. The first-order valence-electron chi connectivity index (χ1n) is 35.3. The van der Waals surface area contributed by atoms with E-state index in [2.05, 4.69) is 74.1 Å². The molecule has 3 aromatic rings. The number of unbranched alkanes of at least 4 members (excludes halogenated alkanes) is 1. The second kappa shape index (κ2) is 43.4. The number of aliphatic hydroxyl groups excluding tert-OH is 1. The van der Waals surface area contributed by atoms with Gasteiger partial charge in [0.1, 0.15) is 72.5 Å². The van der Waals surface area contributed by atoms with Gasteiger partial charge in [0.05, 0.1) is 18.7 Å². The minimum Gasteiger partial charge on any atom is -0.391 e. The number of amides is 14. The van der Waals surface area contributed by atoms with Crippen molar-refractivity contribution in [2.24, 2.45) is 40.9 Å². The molecule has 103 heavy (non-hydrogen) atoms. The van der Waals surface area contributed by atoms with Crippen LogP contribution >= 0.6 is 0 Å². The predicted octanol–water partition coefficient (Wildman–Crippen LogP) is -1.51. The molecular weight excluding hydrogens is 1330 g/mol. The van der Waals surface area contributed by atoms with Crippen molar-refractivity contribution in [1.29, 1.82) is 0 Å². The van der Waals surface area contributed by atoms with Gasteiger partial charge in [-0.05, 0) is 121 Å². The molecule has 15 atom stereocenters. The number of aromatic amines is 1. The first kappa shape index (κ1) is 87.7. The molecule has 32 heteroatoms. The van der Waals surface area contributed by atoms with Crippen LogP contribution in [0.5, 0.6) is 0 Å². The van der Waals surface area contributed by atoms with Crippen molar-refractivity contribution < 1.29 is 72.2 Å². The number of nitrogens with one attached hydrogen (secondary N) is 14. The zero-order chi connectivity index (χ0) is 77.5. The number of carbonyl (C=O) groups excluding carboxylic acids is 14. The van der Waals surface area contributed by atoms with Gasteiger partial charge < -0.3 is 96.4 Å². The third-order valence-electron chi connectivity index (χ3n) is 17.1. The second-order valence-corrected chi connectivity index (χ2v) is 27.8. The molecule has 1 heterocycles. The number of H-pyrrole nitrogens is 1. The van der Waals surface area contributed by atoms with Crippen molar-refractivity contribution in [2.75, 3.05) is 13.1 Å².